The van der Waals surface area contributed by atoms with Gasteiger partial charge in [-0.25, -0.2) is 4.79 Å². The van der Waals surface area contributed by atoms with Gasteiger partial charge in [0.15, 0.2) is 0 Å². The molecule has 2 atom stereocenters. The van der Waals surface area contributed by atoms with E-state index in [0.717, 1.165) is 0 Å². The molecule has 114 valence electrons. The van der Waals surface area contributed by atoms with Gasteiger partial charge < -0.3 is 15.3 Å². The van der Waals surface area contributed by atoms with Crippen molar-refractivity contribution in [2.45, 2.75) is 50.7 Å². The number of rotatable bonds is 2. The first-order valence-electron chi connectivity index (χ1n) is 7.90. The molecule has 5 nitrogen and oxygen atoms in total. The van der Waals surface area contributed by atoms with Crippen molar-refractivity contribution in [3.05, 3.63) is 24.5 Å². The number of pyridine rings is 1. The van der Waals surface area contributed by atoms with E-state index < -0.39 is 6.10 Å². The van der Waals surface area contributed by atoms with Gasteiger partial charge in [0.05, 0.1) is 18.0 Å². The van der Waals surface area contributed by atoms with Gasteiger partial charge in [0.2, 0.25) is 0 Å². The van der Waals surface area contributed by atoms with Crippen LogP contribution in [0.15, 0.2) is 24.5 Å². The van der Waals surface area contributed by atoms with Gasteiger partial charge in [-0.1, -0.05) is 19.3 Å². The molecular weight excluding hydrogens is 266 g/mol. The fraction of sp³-hybridized carbons (Fsp3) is 0.625. The first-order valence-corrected chi connectivity index (χ1v) is 7.90. The Balaban J connectivity index is 1.67. The smallest absolute Gasteiger partial charge is 0.322 e. The van der Waals surface area contributed by atoms with Crippen LogP contribution in [0.4, 0.5) is 10.5 Å². The molecule has 2 amide bonds. The maximum absolute atomic E-state index is 12.5. The van der Waals surface area contributed by atoms with Gasteiger partial charge >= 0.3 is 6.03 Å². The molecule has 1 aromatic rings. The number of nitrogens with one attached hydrogen (secondary N) is 1. The topological polar surface area (TPSA) is 65.5 Å². The third-order valence-electron chi connectivity index (χ3n) is 4.69. The van der Waals surface area contributed by atoms with Crippen molar-refractivity contribution >= 4 is 11.7 Å². The molecule has 21 heavy (non-hydrogen) atoms. The number of carbonyl (C=O) groups excluding carboxylic acids is 1. The summed E-state index contributed by atoms with van der Waals surface area (Å²) in [6, 6.07) is 3.69. The monoisotopic (exact) mass is 289 g/mol. The van der Waals surface area contributed by atoms with E-state index in [9.17, 15) is 9.90 Å². The van der Waals surface area contributed by atoms with E-state index in [1.165, 1.54) is 32.1 Å². The zero-order chi connectivity index (χ0) is 14.7. The van der Waals surface area contributed by atoms with Crippen LogP contribution in [0, 0.1) is 5.92 Å². The Kier molecular flexibility index (Phi) is 4.39. The van der Waals surface area contributed by atoms with Crippen LogP contribution in [-0.4, -0.2) is 39.7 Å². The molecule has 5 heteroatoms. The average Bonchev–Trinajstić information content (AvgIpc) is 2.91. The quantitative estimate of drug-likeness (QED) is 0.879. The van der Waals surface area contributed by atoms with Gasteiger partial charge in [-0.05, 0) is 37.3 Å². The number of β-amino-alcohol motifs (C(OH)–C–C–N with tert-alkyl or cyclic N) is 1. The van der Waals surface area contributed by atoms with Gasteiger partial charge in [0.25, 0.3) is 0 Å². The molecule has 2 aliphatic rings. The highest BCUT2D eigenvalue weighted by atomic mass is 16.3. The molecule has 0 aromatic carbocycles. The van der Waals surface area contributed by atoms with E-state index in [0.29, 0.717) is 24.6 Å². The number of nitrogens with zero attached hydrogens (tertiary/aromatic N) is 2. The Labute approximate surface area is 125 Å². The van der Waals surface area contributed by atoms with Gasteiger partial charge in [0, 0.05) is 18.8 Å². The third kappa shape index (κ3) is 3.35. The molecule has 1 aromatic heterocycles. The number of hydrogen-bond donors (Lipinski definition) is 2. The third-order valence-corrected chi connectivity index (χ3v) is 4.69. The van der Waals surface area contributed by atoms with Crippen molar-refractivity contribution < 1.29 is 9.90 Å². The number of urea groups is 1. The molecule has 0 radical (unpaired) electrons. The van der Waals surface area contributed by atoms with E-state index in [2.05, 4.69) is 10.3 Å². The molecule has 1 saturated carbocycles. The summed E-state index contributed by atoms with van der Waals surface area (Å²) in [4.78, 5) is 18.3. The van der Waals surface area contributed by atoms with Crippen molar-refractivity contribution in [1.29, 1.82) is 0 Å². The molecule has 0 bridgehead atoms. The lowest BCUT2D eigenvalue weighted by Gasteiger charge is -2.33. The molecule has 3 rings (SSSR count). The second-order valence-electron chi connectivity index (χ2n) is 6.18. The Morgan fingerprint density at radius 1 is 1.33 bits per heavy atom. The summed E-state index contributed by atoms with van der Waals surface area (Å²) < 4.78 is 0. The van der Waals surface area contributed by atoms with Crippen LogP contribution in [0.2, 0.25) is 0 Å². The fourth-order valence-electron chi connectivity index (χ4n) is 3.67. The van der Waals surface area contributed by atoms with Crippen molar-refractivity contribution in [2.24, 2.45) is 5.92 Å². The number of aromatic nitrogens is 1. The standard InChI is InChI=1S/C16H23N3O2/c20-14-9-15(12-5-2-1-3-6-12)19(11-14)16(21)18-13-7-4-8-17-10-13/h4,7-8,10,12,14-15,20H,1-3,5-6,9,11H2,(H,18,21)/t14-,15+/m0/s1. The minimum Gasteiger partial charge on any atom is -0.391 e. The number of anilines is 1. The Hall–Kier alpha value is -1.62. The van der Waals surface area contributed by atoms with Gasteiger partial charge in [0.1, 0.15) is 0 Å². The second-order valence-corrected chi connectivity index (χ2v) is 6.18. The van der Waals surface area contributed by atoms with Crippen LogP contribution in [0.3, 0.4) is 0 Å². The van der Waals surface area contributed by atoms with Crippen molar-refractivity contribution in [1.82, 2.24) is 9.88 Å². The summed E-state index contributed by atoms with van der Waals surface area (Å²) in [6.07, 6.45) is 9.78. The zero-order valence-corrected chi connectivity index (χ0v) is 12.2. The van der Waals surface area contributed by atoms with E-state index in [-0.39, 0.29) is 12.1 Å². The number of amides is 2. The van der Waals surface area contributed by atoms with Gasteiger partial charge in [-0.3, -0.25) is 4.98 Å². The van der Waals surface area contributed by atoms with Crippen molar-refractivity contribution in [2.75, 3.05) is 11.9 Å². The lowest BCUT2D eigenvalue weighted by molar-refractivity contribution is 0.164. The first-order chi connectivity index (χ1) is 10.2. The highest BCUT2D eigenvalue weighted by molar-refractivity contribution is 5.89. The Morgan fingerprint density at radius 3 is 2.86 bits per heavy atom. The highest BCUT2D eigenvalue weighted by Crippen LogP contribution is 2.34. The number of aliphatic hydroxyl groups is 1. The van der Waals surface area contributed by atoms with Crippen molar-refractivity contribution in [3.63, 3.8) is 0 Å². The summed E-state index contributed by atoms with van der Waals surface area (Å²) in [5.74, 6) is 0.538. The first kappa shape index (κ1) is 14.3. The number of carbonyl (C=O) groups is 1. The summed E-state index contributed by atoms with van der Waals surface area (Å²) in [6.45, 7) is 0.438. The summed E-state index contributed by atoms with van der Waals surface area (Å²) in [5.41, 5.74) is 0.700. The number of likely N-dealkylation sites (tertiary alicyclic amines) is 1. The minimum absolute atomic E-state index is 0.116. The minimum atomic E-state index is -0.392. The molecular formula is C16H23N3O2. The molecule has 1 aliphatic heterocycles. The summed E-state index contributed by atoms with van der Waals surface area (Å²) in [7, 11) is 0. The lowest BCUT2D eigenvalue weighted by Crippen LogP contribution is -2.43. The largest absolute Gasteiger partial charge is 0.391 e. The normalized spacial score (nSPS) is 26.8. The Bertz CT molecular complexity index is 474. The fourth-order valence-corrected chi connectivity index (χ4v) is 3.67. The van der Waals surface area contributed by atoms with E-state index in [1.54, 1.807) is 18.5 Å². The molecule has 0 unspecified atom stereocenters. The lowest BCUT2D eigenvalue weighted by atomic mass is 9.83. The Morgan fingerprint density at radius 2 is 2.14 bits per heavy atom. The van der Waals surface area contributed by atoms with Gasteiger partial charge in [-0.2, -0.15) is 0 Å². The van der Waals surface area contributed by atoms with Crippen LogP contribution in [0.1, 0.15) is 38.5 Å². The van der Waals surface area contributed by atoms with E-state index in [1.807, 2.05) is 11.0 Å². The average molecular weight is 289 g/mol. The highest BCUT2D eigenvalue weighted by Gasteiger charge is 2.39. The van der Waals surface area contributed by atoms with E-state index in [4.69, 9.17) is 0 Å². The molecule has 2 fully saturated rings. The van der Waals surface area contributed by atoms with Crippen LogP contribution in [-0.2, 0) is 0 Å². The van der Waals surface area contributed by atoms with Crippen LogP contribution in [0.25, 0.3) is 0 Å². The zero-order valence-electron chi connectivity index (χ0n) is 12.2. The molecule has 1 aliphatic carbocycles. The van der Waals surface area contributed by atoms with Crippen LogP contribution in [0.5, 0.6) is 0 Å². The molecule has 2 N–H and O–H groups in total. The maximum Gasteiger partial charge on any atom is 0.322 e. The number of aliphatic hydroxyl groups excluding tert-OH is 1. The van der Waals surface area contributed by atoms with E-state index >= 15 is 0 Å². The van der Waals surface area contributed by atoms with Gasteiger partial charge in [-0.15, -0.1) is 0 Å². The summed E-state index contributed by atoms with van der Waals surface area (Å²) in [5, 5.41) is 12.9. The van der Waals surface area contributed by atoms with Crippen LogP contribution >= 0.6 is 0 Å². The van der Waals surface area contributed by atoms with Crippen molar-refractivity contribution in [3.8, 4) is 0 Å². The molecule has 2 heterocycles. The van der Waals surface area contributed by atoms with Crippen LogP contribution < -0.4 is 5.32 Å². The summed E-state index contributed by atoms with van der Waals surface area (Å²) >= 11 is 0. The molecule has 0 spiro atoms. The SMILES string of the molecule is O=C(Nc1cccnc1)N1C[C@@H](O)C[C@@H]1C1CCCCC1. The number of hydrogen-bond acceptors (Lipinski definition) is 3. The maximum atomic E-state index is 12.5. The predicted molar refractivity (Wildman–Crippen MR) is 80.9 cm³/mol. The molecule has 1 saturated heterocycles. The predicted octanol–water partition coefficient (Wildman–Crippen LogP) is 2.63. The second kappa shape index (κ2) is 6.43.